The van der Waals surface area contributed by atoms with Gasteiger partial charge in [-0.15, -0.1) is 0 Å². The Labute approximate surface area is 199 Å². The molecule has 2 amide bonds. The van der Waals surface area contributed by atoms with Crippen molar-refractivity contribution in [3.63, 3.8) is 0 Å². The molecule has 0 radical (unpaired) electrons. The molecule has 1 aliphatic carbocycles. The van der Waals surface area contributed by atoms with Crippen LogP contribution in [0.15, 0.2) is 18.2 Å². The average molecular weight is 474 g/mol. The summed E-state index contributed by atoms with van der Waals surface area (Å²) in [5.74, 6) is -1.77. The Morgan fingerprint density at radius 3 is 2.56 bits per heavy atom. The SMILES string of the molecule is C[C@H](NCC(=O)O)C(=O)N1CCC[C@]1(C(=O)NCc1ccc(C(=N)N)cc1O)C1CCCCC1. The van der Waals surface area contributed by atoms with E-state index in [1.165, 1.54) is 6.07 Å². The average Bonchev–Trinajstić information content (AvgIpc) is 3.27. The highest BCUT2D eigenvalue weighted by Gasteiger charge is 2.54. The molecule has 7 N–H and O–H groups in total. The summed E-state index contributed by atoms with van der Waals surface area (Å²) in [7, 11) is 0. The summed E-state index contributed by atoms with van der Waals surface area (Å²) in [5, 5.41) is 32.5. The molecular formula is C24H35N5O5. The van der Waals surface area contributed by atoms with Crippen LogP contribution in [-0.2, 0) is 20.9 Å². The number of benzene rings is 1. The largest absolute Gasteiger partial charge is 0.508 e. The van der Waals surface area contributed by atoms with E-state index in [0.717, 1.165) is 32.1 Å². The summed E-state index contributed by atoms with van der Waals surface area (Å²) in [6, 6.07) is 3.90. The molecule has 10 heteroatoms. The third-order valence-corrected chi connectivity index (χ3v) is 7.13. The number of aliphatic carboxylic acids is 1. The van der Waals surface area contributed by atoms with Crippen LogP contribution in [0.2, 0.25) is 0 Å². The van der Waals surface area contributed by atoms with Gasteiger partial charge in [-0.1, -0.05) is 31.4 Å². The number of nitrogens with one attached hydrogen (secondary N) is 3. The molecule has 0 aromatic heterocycles. The molecule has 1 saturated carbocycles. The van der Waals surface area contributed by atoms with Crippen molar-refractivity contribution in [1.82, 2.24) is 15.5 Å². The topological polar surface area (TPSA) is 169 Å². The summed E-state index contributed by atoms with van der Waals surface area (Å²) in [6.07, 6.45) is 6.06. The number of hydrogen-bond acceptors (Lipinski definition) is 6. The molecule has 34 heavy (non-hydrogen) atoms. The molecule has 1 saturated heterocycles. The van der Waals surface area contributed by atoms with Crippen LogP contribution in [0.25, 0.3) is 0 Å². The minimum atomic E-state index is -1.05. The molecule has 186 valence electrons. The van der Waals surface area contributed by atoms with E-state index in [1.54, 1.807) is 24.0 Å². The molecule has 1 aromatic rings. The smallest absolute Gasteiger partial charge is 0.317 e. The van der Waals surface area contributed by atoms with Gasteiger partial charge < -0.3 is 26.2 Å². The van der Waals surface area contributed by atoms with E-state index in [4.69, 9.17) is 16.2 Å². The molecule has 0 spiro atoms. The third-order valence-electron chi connectivity index (χ3n) is 7.13. The number of carboxylic acid groups (broad SMARTS) is 1. The number of carbonyl (C=O) groups excluding carboxylic acids is 2. The van der Waals surface area contributed by atoms with Gasteiger partial charge >= 0.3 is 5.97 Å². The lowest BCUT2D eigenvalue weighted by atomic mass is 9.72. The maximum Gasteiger partial charge on any atom is 0.317 e. The fraction of sp³-hybridized carbons (Fsp3) is 0.583. The summed E-state index contributed by atoms with van der Waals surface area (Å²) in [6.45, 7) is 1.81. The predicted molar refractivity (Wildman–Crippen MR) is 126 cm³/mol. The first kappa shape index (κ1) is 25.5. The van der Waals surface area contributed by atoms with Crippen molar-refractivity contribution in [3.05, 3.63) is 29.3 Å². The Balaban J connectivity index is 1.83. The number of hydrogen-bond donors (Lipinski definition) is 6. The number of amidine groups is 1. The van der Waals surface area contributed by atoms with E-state index in [0.29, 0.717) is 30.5 Å². The Hall–Kier alpha value is -3.14. The molecule has 1 aliphatic heterocycles. The van der Waals surface area contributed by atoms with Gasteiger partial charge in [-0.05, 0) is 44.6 Å². The molecule has 0 bridgehead atoms. The normalized spacial score (nSPS) is 21.7. The first-order chi connectivity index (χ1) is 16.2. The molecule has 2 aliphatic rings. The number of phenolic OH excluding ortho intramolecular Hbond substituents is 1. The van der Waals surface area contributed by atoms with Crippen molar-refractivity contribution in [2.75, 3.05) is 13.1 Å². The quantitative estimate of drug-likeness (QED) is 0.232. The number of phenols is 1. The lowest BCUT2D eigenvalue weighted by molar-refractivity contribution is -0.151. The van der Waals surface area contributed by atoms with Gasteiger partial charge in [-0.3, -0.25) is 25.1 Å². The number of rotatable bonds is 9. The number of nitrogens with zero attached hydrogens (tertiary/aromatic N) is 1. The zero-order valence-electron chi connectivity index (χ0n) is 19.6. The lowest BCUT2D eigenvalue weighted by Gasteiger charge is -2.45. The van der Waals surface area contributed by atoms with Crippen molar-refractivity contribution in [1.29, 1.82) is 5.41 Å². The second-order valence-electron chi connectivity index (χ2n) is 9.29. The Morgan fingerprint density at radius 2 is 1.94 bits per heavy atom. The van der Waals surface area contributed by atoms with Crippen LogP contribution in [0, 0.1) is 11.3 Å². The van der Waals surface area contributed by atoms with Gasteiger partial charge in [0.05, 0.1) is 12.6 Å². The number of nitrogens with two attached hydrogens (primary N) is 1. The fourth-order valence-corrected chi connectivity index (χ4v) is 5.35. The highest BCUT2D eigenvalue weighted by molar-refractivity contribution is 5.96. The number of carboxylic acids is 1. The molecular weight excluding hydrogens is 438 g/mol. The van der Waals surface area contributed by atoms with Gasteiger partial charge in [0.2, 0.25) is 11.8 Å². The first-order valence-electron chi connectivity index (χ1n) is 11.9. The van der Waals surface area contributed by atoms with Crippen molar-refractivity contribution in [3.8, 4) is 5.75 Å². The number of nitrogen functional groups attached to an aromatic ring is 1. The van der Waals surface area contributed by atoms with Crippen molar-refractivity contribution in [2.45, 2.75) is 70.0 Å². The van der Waals surface area contributed by atoms with Crippen molar-refractivity contribution >= 4 is 23.6 Å². The minimum absolute atomic E-state index is 0.0214. The minimum Gasteiger partial charge on any atom is -0.508 e. The van der Waals surface area contributed by atoms with Crippen LogP contribution >= 0.6 is 0 Å². The van der Waals surface area contributed by atoms with E-state index >= 15 is 0 Å². The van der Waals surface area contributed by atoms with Gasteiger partial charge in [0.15, 0.2) is 0 Å². The van der Waals surface area contributed by atoms with Crippen LogP contribution in [-0.4, -0.2) is 63.4 Å². The number of carbonyl (C=O) groups is 3. The molecule has 10 nitrogen and oxygen atoms in total. The molecule has 1 heterocycles. The third kappa shape index (κ3) is 5.32. The summed E-state index contributed by atoms with van der Waals surface area (Å²) < 4.78 is 0. The molecule has 3 rings (SSSR count). The van der Waals surface area contributed by atoms with Gasteiger partial charge in [0.25, 0.3) is 0 Å². The van der Waals surface area contributed by atoms with E-state index < -0.39 is 17.6 Å². The highest BCUT2D eigenvalue weighted by atomic mass is 16.4. The Morgan fingerprint density at radius 1 is 1.24 bits per heavy atom. The molecule has 0 unspecified atom stereocenters. The van der Waals surface area contributed by atoms with Crippen LogP contribution in [0.3, 0.4) is 0 Å². The zero-order valence-corrected chi connectivity index (χ0v) is 19.6. The van der Waals surface area contributed by atoms with Crippen LogP contribution in [0.4, 0.5) is 0 Å². The lowest BCUT2D eigenvalue weighted by Crippen LogP contribution is -2.64. The van der Waals surface area contributed by atoms with E-state index in [9.17, 15) is 19.5 Å². The molecule has 2 atom stereocenters. The van der Waals surface area contributed by atoms with Crippen molar-refractivity contribution < 1.29 is 24.6 Å². The van der Waals surface area contributed by atoms with Crippen LogP contribution in [0.1, 0.15) is 63.0 Å². The Kier molecular flexibility index (Phi) is 8.14. The Bertz CT molecular complexity index is 946. The number of aromatic hydroxyl groups is 1. The predicted octanol–water partition coefficient (Wildman–Crippen LogP) is 1.30. The van der Waals surface area contributed by atoms with E-state index in [1.807, 2.05) is 0 Å². The molecule has 1 aromatic carbocycles. The van der Waals surface area contributed by atoms with Gasteiger partial charge in [-0.25, -0.2) is 0 Å². The maximum atomic E-state index is 13.8. The van der Waals surface area contributed by atoms with Crippen LogP contribution < -0.4 is 16.4 Å². The maximum absolute atomic E-state index is 13.8. The van der Waals surface area contributed by atoms with E-state index in [2.05, 4.69) is 10.6 Å². The van der Waals surface area contributed by atoms with Crippen molar-refractivity contribution in [2.24, 2.45) is 11.7 Å². The summed E-state index contributed by atoms with van der Waals surface area (Å²) >= 11 is 0. The van der Waals surface area contributed by atoms with Crippen LogP contribution in [0.5, 0.6) is 5.75 Å². The number of likely N-dealkylation sites (tertiary alicyclic amines) is 1. The number of amides is 2. The summed E-state index contributed by atoms with van der Waals surface area (Å²) in [4.78, 5) is 39.8. The second-order valence-corrected chi connectivity index (χ2v) is 9.29. The fourth-order valence-electron chi connectivity index (χ4n) is 5.35. The highest BCUT2D eigenvalue weighted by Crippen LogP contribution is 2.44. The van der Waals surface area contributed by atoms with Gasteiger partial charge in [0.1, 0.15) is 17.1 Å². The standard InChI is InChI=1S/C24H35N5O5/c1-15(27-14-20(31)32)22(33)29-11-5-10-24(29,18-6-3-2-4-7-18)23(34)28-13-17-9-8-16(21(25)26)12-19(17)30/h8-9,12,15,18,27,30H,2-7,10-11,13-14H2,1H3,(H3,25,26)(H,28,34)(H,31,32)/t15-,24+/m0/s1. The van der Waals surface area contributed by atoms with E-state index in [-0.39, 0.29) is 42.4 Å². The second kappa shape index (κ2) is 10.9. The zero-order chi connectivity index (χ0) is 24.9. The molecule has 2 fully saturated rings. The van der Waals surface area contributed by atoms with Gasteiger partial charge in [0, 0.05) is 24.2 Å². The first-order valence-corrected chi connectivity index (χ1v) is 11.9. The van der Waals surface area contributed by atoms with Gasteiger partial charge in [-0.2, -0.15) is 0 Å². The summed E-state index contributed by atoms with van der Waals surface area (Å²) in [5.41, 5.74) is 5.36. The monoisotopic (exact) mass is 473 g/mol.